The summed E-state index contributed by atoms with van der Waals surface area (Å²) in [6, 6.07) is 5.10. The van der Waals surface area contributed by atoms with Crippen molar-refractivity contribution < 1.29 is 13.2 Å². The fourth-order valence-corrected chi connectivity index (χ4v) is 1.72. The topological polar surface area (TPSA) is 17.8 Å². The molecule has 1 aromatic carbocycles. The molecule has 90 valence electrons. The van der Waals surface area contributed by atoms with Crippen LogP contribution in [0.2, 0.25) is 0 Å². The normalized spacial score (nSPS) is 11.8. The zero-order valence-corrected chi connectivity index (χ0v) is 9.42. The van der Waals surface area contributed by atoms with Crippen LogP contribution >= 0.6 is 0 Å². The summed E-state index contributed by atoms with van der Waals surface area (Å²) in [7, 11) is 1.78. The number of aryl methyl sites for hydroxylation is 2. The second-order valence-corrected chi connectivity index (χ2v) is 3.88. The molecule has 0 unspecified atom stereocenters. The Morgan fingerprint density at radius 2 is 1.71 bits per heavy atom. The van der Waals surface area contributed by atoms with Crippen molar-refractivity contribution in [1.29, 1.82) is 0 Å². The van der Waals surface area contributed by atoms with Gasteiger partial charge in [0.25, 0.3) is 0 Å². The Labute approximate surface area is 96.7 Å². The van der Waals surface area contributed by atoms with Crippen molar-refractivity contribution in [3.63, 3.8) is 0 Å². The first-order valence-corrected chi connectivity index (χ1v) is 5.06. The van der Waals surface area contributed by atoms with Crippen LogP contribution in [0.25, 0.3) is 11.1 Å². The summed E-state index contributed by atoms with van der Waals surface area (Å²) >= 11 is 0. The average molecular weight is 240 g/mol. The van der Waals surface area contributed by atoms with Gasteiger partial charge in [-0.1, -0.05) is 12.1 Å². The molecule has 0 saturated heterocycles. The molecule has 17 heavy (non-hydrogen) atoms. The van der Waals surface area contributed by atoms with Crippen LogP contribution < -0.4 is 0 Å². The molecule has 0 N–H and O–H groups in total. The van der Waals surface area contributed by atoms with Gasteiger partial charge in [0.05, 0.1) is 11.3 Å². The van der Waals surface area contributed by atoms with E-state index in [0.29, 0.717) is 0 Å². The van der Waals surface area contributed by atoms with Gasteiger partial charge in [0.2, 0.25) is 0 Å². The van der Waals surface area contributed by atoms with Gasteiger partial charge >= 0.3 is 6.18 Å². The standard InChI is InChI=1S/C12H11F3N2/c1-8-11(7-17(2)16-8)9-3-5-10(6-4-9)12(13,14)15/h3-7H,1-2H3. The summed E-state index contributed by atoms with van der Waals surface area (Å²) in [4.78, 5) is 0. The summed E-state index contributed by atoms with van der Waals surface area (Å²) in [6.45, 7) is 1.83. The second kappa shape index (κ2) is 3.91. The zero-order chi connectivity index (χ0) is 12.6. The highest BCUT2D eigenvalue weighted by Gasteiger charge is 2.30. The van der Waals surface area contributed by atoms with Gasteiger partial charge in [-0.25, -0.2) is 0 Å². The molecule has 0 saturated carbocycles. The molecule has 0 spiro atoms. The van der Waals surface area contributed by atoms with Crippen molar-refractivity contribution in [3.05, 3.63) is 41.7 Å². The van der Waals surface area contributed by atoms with E-state index in [-0.39, 0.29) is 0 Å². The number of halogens is 3. The van der Waals surface area contributed by atoms with Crippen molar-refractivity contribution in [3.8, 4) is 11.1 Å². The van der Waals surface area contributed by atoms with E-state index < -0.39 is 11.7 Å². The van der Waals surface area contributed by atoms with Gasteiger partial charge in [-0.15, -0.1) is 0 Å². The van der Waals surface area contributed by atoms with E-state index in [4.69, 9.17) is 0 Å². The third-order valence-corrected chi connectivity index (χ3v) is 2.54. The van der Waals surface area contributed by atoms with Crippen LogP contribution in [0.1, 0.15) is 11.3 Å². The smallest absolute Gasteiger partial charge is 0.275 e. The highest BCUT2D eigenvalue weighted by atomic mass is 19.4. The van der Waals surface area contributed by atoms with Crippen LogP contribution in [0.5, 0.6) is 0 Å². The number of hydrogen-bond donors (Lipinski definition) is 0. The summed E-state index contributed by atoms with van der Waals surface area (Å²) in [6.07, 6.45) is -2.50. The maximum absolute atomic E-state index is 12.4. The second-order valence-electron chi connectivity index (χ2n) is 3.88. The lowest BCUT2D eigenvalue weighted by Crippen LogP contribution is -2.03. The van der Waals surface area contributed by atoms with Crippen molar-refractivity contribution >= 4 is 0 Å². The van der Waals surface area contributed by atoms with E-state index >= 15 is 0 Å². The molecule has 2 nitrogen and oxygen atoms in total. The van der Waals surface area contributed by atoms with Crippen LogP contribution in [0.15, 0.2) is 30.5 Å². The zero-order valence-electron chi connectivity index (χ0n) is 9.42. The minimum absolute atomic E-state index is 0.636. The lowest BCUT2D eigenvalue weighted by Gasteiger charge is -2.07. The number of alkyl halides is 3. The van der Waals surface area contributed by atoms with Gasteiger partial charge in [-0.05, 0) is 24.6 Å². The van der Waals surface area contributed by atoms with Crippen molar-refractivity contribution in [1.82, 2.24) is 9.78 Å². The predicted octanol–water partition coefficient (Wildman–Crippen LogP) is 3.41. The largest absolute Gasteiger partial charge is 0.416 e. The van der Waals surface area contributed by atoms with Crippen LogP contribution in [-0.2, 0) is 13.2 Å². The molecule has 0 radical (unpaired) electrons. The molecule has 0 bridgehead atoms. The Balaban J connectivity index is 2.39. The minimum atomic E-state index is -4.29. The molecule has 5 heteroatoms. The molecule has 0 aliphatic heterocycles. The summed E-state index contributed by atoms with van der Waals surface area (Å²) < 4.78 is 38.8. The highest BCUT2D eigenvalue weighted by Crippen LogP contribution is 2.31. The molecular formula is C12H11F3N2. The first-order valence-electron chi connectivity index (χ1n) is 5.06. The first kappa shape index (κ1) is 11.7. The van der Waals surface area contributed by atoms with E-state index in [1.165, 1.54) is 12.1 Å². The van der Waals surface area contributed by atoms with Gasteiger partial charge in [-0.3, -0.25) is 4.68 Å². The fourth-order valence-electron chi connectivity index (χ4n) is 1.72. The van der Waals surface area contributed by atoms with Crippen LogP contribution in [0, 0.1) is 6.92 Å². The Kier molecular flexibility index (Phi) is 2.69. The summed E-state index contributed by atoms with van der Waals surface area (Å²) in [5, 5.41) is 4.15. The molecule has 0 atom stereocenters. The molecule has 2 rings (SSSR count). The molecule has 2 aromatic rings. The average Bonchev–Trinajstić information content (AvgIpc) is 2.57. The lowest BCUT2D eigenvalue weighted by atomic mass is 10.0. The van der Waals surface area contributed by atoms with E-state index in [1.807, 2.05) is 6.92 Å². The highest BCUT2D eigenvalue weighted by molar-refractivity contribution is 5.65. The number of rotatable bonds is 1. The Morgan fingerprint density at radius 3 is 2.12 bits per heavy atom. The van der Waals surface area contributed by atoms with Gasteiger partial charge < -0.3 is 0 Å². The monoisotopic (exact) mass is 240 g/mol. The maximum Gasteiger partial charge on any atom is 0.416 e. The van der Waals surface area contributed by atoms with Crippen molar-refractivity contribution in [2.45, 2.75) is 13.1 Å². The molecule has 0 aliphatic rings. The third-order valence-electron chi connectivity index (χ3n) is 2.54. The van der Waals surface area contributed by atoms with Crippen molar-refractivity contribution in [2.75, 3.05) is 0 Å². The van der Waals surface area contributed by atoms with Crippen molar-refractivity contribution in [2.24, 2.45) is 7.05 Å². The Morgan fingerprint density at radius 1 is 1.12 bits per heavy atom. The van der Waals surface area contributed by atoms with Gasteiger partial charge in [0.15, 0.2) is 0 Å². The Bertz CT molecular complexity index is 524. The molecule has 1 aromatic heterocycles. The molecule has 0 fully saturated rings. The molecule has 1 heterocycles. The van der Waals surface area contributed by atoms with Crippen LogP contribution in [0.3, 0.4) is 0 Å². The molecule has 0 aliphatic carbocycles. The van der Waals surface area contributed by atoms with Gasteiger partial charge in [0.1, 0.15) is 0 Å². The molecule has 0 amide bonds. The Hall–Kier alpha value is -1.78. The summed E-state index contributed by atoms with van der Waals surface area (Å²) in [5.41, 5.74) is 1.75. The predicted molar refractivity (Wildman–Crippen MR) is 58.4 cm³/mol. The third kappa shape index (κ3) is 2.33. The summed E-state index contributed by atoms with van der Waals surface area (Å²) in [5.74, 6) is 0. The SMILES string of the molecule is Cc1nn(C)cc1-c1ccc(C(F)(F)F)cc1. The van der Waals surface area contributed by atoms with Gasteiger partial charge in [-0.2, -0.15) is 18.3 Å². The quantitative estimate of drug-likeness (QED) is 0.746. The fraction of sp³-hybridized carbons (Fsp3) is 0.250. The number of aromatic nitrogens is 2. The number of nitrogens with zero attached hydrogens (tertiary/aromatic N) is 2. The van der Waals surface area contributed by atoms with Crippen LogP contribution in [0.4, 0.5) is 13.2 Å². The number of benzene rings is 1. The van der Waals surface area contributed by atoms with E-state index in [1.54, 1.807) is 17.9 Å². The molecular weight excluding hydrogens is 229 g/mol. The maximum atomic E-state index is 12.4. The van der Waals surface area contributed by atoms with E-state index in [0.717, 1.165) is 29.0 Å². The number of hydrogen-bond acceptors (Lipinski definition) is 1. The van der Waals surface area contributed by atoms with Gasteiger partial charge in [0, 0.05) is 18.8 Å². The van der Waals surface area contributed by atoms with Crippen LogP contribution in [-0.4, -0.2) is 9.78 Å². The minimum Gasteiger partial charge on any atom is -0.275 e. The lowest BCUT2D eigenvalue weighted by molar-refractivity contribution is -0.137. The first-order chi connectivity index (χ1) is 7.88. The van der Waals surface area contributed by atoms with E-state index in [2.05, 4.69) is 5.10 Å². The van der Waals surface area contributed by atoms with E-state index in [9.17, 15) is 13.2 Å².